The Kier molecular flexibility index (Phi) is 6.01. The molecule has 1 amide bonds. The molecule has 0 unspecified atom stereocenters. The van der Waals surface area contributed by atoms with Crippen molar-refractivity contribution in [1.82, 2.24) is 5.43 Å². The fourth-order valence-corrected chi connectivity index (χ4v) is 2.49. The molecule has 5 nitrogen and oxygen atoms in total. The quantitative estimate of drug-likeness (QED) is 0.476. The number of nitrogens with zero attached hydrogens (tertiary/aromatic N) is 1. The summed E-state index contributed by atoms with van der Waals surface area (Å²) in [6.07, 6.45) is -3.18. The van der Waals surface area contributed by atoms with Crippen molar-refractivity contribution in [3.05, 3.63) is 77.6 Å². The van der Waals surface area contributed by atoms with Gasteiger partial charge in [-0.05, 0) is 42.8 Å². The van der Waals surface area contributed by atoms with Gasteiger partial charge in [0.25, 0.3) is 5.91 Å². The first kappa shape index (κ1) is 20.2. The van der Waals surface area contributed by atoms with E-state index in [9.17, 15) is 18.0 Å². The normalized spacial score (nSPS) is 11.6. The van der Waals surface area contributed by atoms with Crippen LogP contribution in [0.25, 0.3) is 11.3 Å². The van der Waals surface area contributed by atoms with Gasteiger partial charge in [0.15, 0.2) is 6.61 Å². The van der Waals surface area contributed by atoms with Gasteiger partial charge in [0.1, 0.15) is 17.3 Å². The third-order valence-electron chi connectivity index (χ3n) is 3.93. The van der Waals surface area contributed by atoms with Crippen molar-refractivity contribution < 1.29 is 27.1 Å². The molecule has 2 aromatic carbocycles. The minimum Gasteiger partial charge on any atom is -0.483 e. The first-order valence-corrected chi connectivity index (χ1v) is 8.61. The van der Waals surface area contributed by atoms with Gasteiger partial charge in [0, 0.05) is 5.56 Å². The molecule has 3 aromatic rings. The van der Waals surface area contributed by atoms with Crippen molar-refractivity contribution >= 4 is 12.1 Å². The standard InChI is InChI=1S/C21H17F3N2O3/c1-14-5-2-3-8-18(14)28-13-20(27)26-25-12-17-9-10-19(29-17)15-6-4-7-16(11-15)21(22,23)24/h2-12H,13H2,1H3,(H,26,27)/b25-12+. The van der Waals surface area contributed by atoms with Gasteiger partial charge in [-0.15, -0.1) is 0 Å². The van der Waals surface area contributed by atoms with Gasteiger partial charge in [0.05, 0.1) is 11.8 Å². The zero-order valence-electron chi connectivity index (χ0n) is 15.4. The van der Waals surface area contributed by atoms with Crippen LogP contribution in [0, 0.1) is 6.92 Å². The lowest BCUT2D eigenvalue weighted by Gasteiger charge is -2.07. The smallest absolute Gasteiger partial charge is 0.416 e. The Balaban J connectivity index is 1.57. The fourth-order valence-electron chi connectivity index (χ4n) is 2.49. The molecule has 1 aromatic heterocycles. The largest absolute Gasteiger partial charge is 0.483 e. The van der Waals surface area contributed by atoms with Crippen LogP contribution in [-0.2, 0) is 11.0 Å². The number of para-hydroxylation sites is 1. The van der Waals surface area contributed by atoms with Crippen LogP contribution in [0.1, 0.15) is 16.9 Å². The van der Waals surface area contributed by atoms with Crippen LogP contribution in [0.5, 0.6) is 5.75 Å². The summed E-state index contributed by atoms with van der Waals surface area (Å²) in [5, 5.41) is 3.76. The summed E-state index contributed by atoms with van der Waals surface area (Å²) in [7, 11) is 0. The molecule has 0 aliphatic heterocycles. The summed E-state index contributed by atoms with van der Waals surface area (Å²) < 4.78 is 49.3. The van der Waals surface area contributed by atoms with Crippen LogP contribution < -0.4 is 10.2 Å². The highest BCUT2D eigenvalue weighted by Gasteiger charge is 2.30. The number of amides is 1. The molecule has 29 heavy (non-hydrogen) atoms. The van der Waals surface area contributed by atoms with Crippen LogP contribution in [0.2, 0.25) is 0 Å². The van der Waals surface area contributed by atoms with E-state index in [-0.39, 0.29) is 23.7 Å². The molecule has 0 saturated heterocycles. The molecular formula is C21H17F3N2O3. The van der Waals surface area contributed by atoms with Crippen molar-refractivity contribution in [3.8, 4) is 17.1 Å². The van der Waals surface area contributed by atoms with E-state index in [1.807, 2.05) is 19.1 Å². The van der Waals surface area contributed by atoms with Gasteiger partial charge in [-0.2, -0.15) is 18.3 Å². The molecule has 8 heteroatoms. The summed E-state index contributed by atoms with van der Waals surface area (Å²) >= 11 is 0. The van der Waals surface area contributed by atoms with Gasteiger partial charge in [-0.1, -0.05) is 30.3 Å². The highest BCUT2D eigenvalue weighted by atomic mass is 19.4. The number of hydrogen-bond donors (Lipinski definition) is 1. The molecule has 150 valence electrons. The van der Waals surface area contributed by atoms with Crippen LogP contribution in [-0.4, -0.2) is 18.7 Å². The maximum atomic E-state index is 12.8. The number of nitrogens with one attached hydrogen (secondary N) is 1. The lowest BCUT2D eigenvalue weighted by atomic mass is 10.1. The van der Waals surface area contributed by atoms with Gasteiger partial charge < -0.3 is 9.15 Å². The second-order valence-corrected chi connectivity index (χ2v) is 6.13. The maximum absolute atomic E-state index is 12.8. The third-order valence-corrected chi connectivity index (χ3v) is 3.93. The third kappa shape index (κ3) is 5.47. The van der Waals surface area contributed by atoms with E-state index in [1.54, 1.807) is 12.1 Å². The first-order valence-electron chi connectivity index (χ1n) is 8.61. The molecule has 0 aliphatic rings. The number of hydrogen-bond acceptors (Lipinski definition) is 4. The number of halogens is 3. The number of benzene rings is 2. The van der Waals surface area contributed by atoms with E-state index in [2.05, 4.69) is 10.5 Å². The number of furan rings is 1. The van der Waals surface area contributed by atoms with Gasteiger partial charge in [0.2, 0.25) is 0 Å². The van der Waals surface area contributed by atoms with Crippen molar-refractivity contribution in [1.29, 1.82) is 0 Å². The van der Waals surface area contributed by atoms with Crippen molar-refractivity contribution in [2.75, 3.05) is 6.61 Å². The number of rotatable bonds is 6. The number of ether oxygens (including phenoxy) is 1. The number of alkyl halides is 3. The van der Waals surface area contributed by atoms with Crippen LogP contribution in [0.4, 0.5) is 13.2 Å². The lowest BCUT2D eigenvalue weighted by Crippen LogP contribution is -2.24. The molecule has 3 rings (SSSR count). The van der Waals surface area contributed by atoms with Crippen LogP contribution in [0.3, 0.4) is 0 Å². The minimum absolute atomic E-state index is 0.212. The number of hydrazone groups is 1. The van der Waals surface area contributed by atoms with Gasteiger partial charge in [-0.25, -0.2) is 5.43 Å². The molecule has 0 fully saturated rings. The van der Waals surface area contributed by atoms with E-state index in [1.165, 1.54) is 30.5 Å². The average Bonchev–Trinajstić information content (AvgIpc) is 3.16. The zero-order valence-corrected chi connectivity index (χ0v) is 15.4. The highest BCUT2D eigenvalue weighted by molar-refractivity contribution is 5.81. The maximum Gasteiger partial charge on any atom is 0.416 e. The van der Waals surface area contributed by atoms with Crippen molar-refractivity contribution in [2.24, 2.45) is 5.10 Å². The van der Waals surface area contributed by atoms with E-state index < -0.39 is 17.6 Å². The minimum atomic E-state index is -4.43. The van der Waals surface area contributed by atoms with Gasteiger partial charge >= 0.3 is 6.18 Å². The lowest BCUT2D eigenvalue weighted by molar-refractivity contribution is -0.137. The number of carbonyl (C=O) groups is 1. The average molecular weight is 402 g/mol. The predicted octanol–water partition coefficient (Wildman–Crippen LogP) is 4.80. The Labute approximate surface area is 164 Å². The Morgan fingerprint density at radius 3 is 2.69 bits per heavy atom. The molecule has 0 spiro atoms. The SMILES string of the molecule is Cc1ccccc1OCC(=O)N/N=C/c1ccc(-c2cccc(C(F)(F)F)c2)o1. The van der Waals surface area contributed by atoms with Crippen LogP contribution in [0.15, 0.2) is 70.2 Å². The summed E-state index contributed by atoms with van der Waals surface area (Å²) in [6.45, 7) is 1.65. The Bertz CT molecular complexity index is 1030. The zero-order chi connectivity index (χ0) is 20.9. The van der Waals surface area contributed by atoms with E-state index in [0.717, 1.165) is 17.7 Å². The van der Waals surface area contributed by atoms with Crippen molar-refractivity contribution in [3.63, 3.8) is 0 Å². The van der Waals surface area contributed by atoms with Gasteiger partial charge in [-0.3, -0.25) is 4.79 Å². The summed E-state index contributed by atoms with van der Waals surface area (Å²) in [4.78, 5) is 11.8. The Morgan fingerprint density at radius 2 is 1.93 bits per heavy atom. The molecule has 0 atom stereocenters. The van der Waals surface area contributed by atoms with Crippen LogP contribution >= 0.6 is 0 Å². The first-order chi connectivity index (χ1) is 13.8. The fraction of sp³-hybridized carbons (Fsp3) is 0.143. The Hall–Kier alpha value is -3.55. The van der Waals surface area contributed by atoms with E-state index in [0.29, 0.717) is 5.75 Å². The second kappa shape index (κ2) is 8.64. The molecule has 0 aliphatic carbocycles. The summed E-state index contributed by atoms with van der Waals surface area (Å²) in [6, 6.07) is 15.2. The Morgan fingerprint density at radius 1 is 1.14 bits per heavy atom. The summed E-state index contributed by atoms with van der Waals surface area (Å²) in [5.41, 5.74) is 2.73. The topological polar surface area (TPSA) is 63.8 Å². The number of aryl methyl sites for hydroxylation is 1. The molecular weight excluding hydrogens is 385 g/mol. The monoisotopic (exact) mass is 402 g/mol. The number of carbonyl (C=O) groups excluding carboxylic acids is 1. The summed E-state index contributed by atoms with van der Waals surface area (Å²) in [5.74, 6) is 0.668. The molecule has 1 heterocycles. The molecule has 0 bridgehead atoms. The van der Waals surface area contributed by atoms with E-state index >= 15 is 0 Å². The second-order valence-electron chi connectivity index (χ2n) is 6.13. The van der Waals surface area contributed by atoms with Crippen molar-refractivity contribution in [2.45, 2.75) is 13.1 Å². The van der Waals surface area contributed by atoms with E-state index in [4.69, 9.17) is 9.15 Å². The molecule has 0 radical (unpaired) electrons. The highest BCUT2D eigenvalue weighted by Crippen LogP contribution is 2.32. The predicted molar refractivity (Wildman–Crippen MR) is 102 cm³/mol. The molecule has 0 saturated carbocycles. The molecule has 1 N–H and O–H groups in total.